The van der Waals surface area contributed by atoms with Gasteiger partial charge in [-0.05, 0) is 47.5 Å². The third kappa shape index (κ3) is 6.20. The molecule has 1 saturated heterocycles. The number of nitrogens with one attached hydrogen (secondary N) is 2. The van der Waals surface area contributed by atoms with Crippen LogP contribution in [0, 0.1) is 0 Å². The largest absolute Gasteiger partial charge is 0.373 e. The molecule has 5 nitrogen and oxygen atoms in total. The van der Waals surface area contributed by atoms with Crippen LogP contribution in [0.3, 0.4) is 0 Å². The van der Waals surface area contributed by atoms with E-state index in [9.17, 15) is 0 Å². The van der Waals surface area contributed by atoms with Gasteiger partial charge in [-0.2, -0.15) is 0 Å². The molecule has 22 heavy (non-hydrogen) atoms. The second-order valence-corrected chi connectivity index (χ2v) is 7.09. The Kier molecular flexibility index (Phi) is 7.88. The molecule has 2 fully saturated rings. The highest BCUT2D eigenvalue weighted by Gasteiger charge is 2.33. The van der Waals surface area contributed by atoms with Crippen molar-refractivity contribution in [2.75, 3.05) is 26.2 Å². The number of aliphatic imine (C=N–C) groups is 1. The molecule has 0 aromatic heterocycles. The molecule has 0 spiro atoms. The number of ether oxygens (including phenoxy) is 1. The Labute approximate surface area is 152 Å². The van der Waals surface area contributed by atoms with Crippen molar-refractivity contribution in [3.8, 4) is 0 Å². The van der Waals surface area contributed by atoms with Crippen LogP contribution in [0.15, 0.2) is 4.99 Å². The average molecular weight is 424 g/mol. The summed E-state index contributed by atoms with van der Waals surface area (Å²) in [5.41, 5.74) is 0.0538. The van der Waals surface area contributed by atoms with Crippen molar-refractivity contribution < 1.29 is 4.74 Å². The number of guanidine groups is 1. The van der Waals surface area contributed by atoms with Crippen molar-refractivity contribution in [1.82, 2.24) is 15.5 Å². The quantitative estimate of drug-likeness (QED) is 0.404. The van der Waals surface area contributed by atoms with Crippen LogP contribution in [0.25, 0.3) is 0 Å². The minimum Gasteiger partial charge on any atom is -0.373 e. The molecule has 0 aromatic rings. The third-order valence-corrected chi connectivity index (χ3v) is 4.16. The van der Waals surface area contributed by atoms with Gasteiger partial charge in [0.15, 0.2) is 5.96 Å². The van der Waals surface area contributed by atoms with Gasteiger partial charge in [0, 0.05) is 31.2 Å². The first-order valence-corrected chi connectivity index (χ1v) is 8.36. The van der Waals surface area contributed by atoms with Crippen LogP contribution in [0.2, 0.25) is 0 Å². The van der Waals surface area contributed by atoms with E-state index in [0.29, 0.717) is 18.2 Å². The van der Waals surface area contributed by atoms with Crippen LogP contribution in [0.4, 0.5) is 0 Å². The van der Waals surface area contributed by atoms with Gasteiger partial charge in [0.1, 0.15) is 0 Å². The maximum atomic E-state index is 5.83. The molecule has 130 valence electrons. The number of hydrogen-bond donors (Lipinski definition) is 2. The van der Waals surface area contributed by atoms with Crippen molar-refractivity contribution in [2.45, 2.75) is 71.2 Å². The maximum absolute atomic E-state index is 5.83. The fraction of sp³-hybridized carbons (Fsp3) is 0.938. The molecule has 0 amide bonds. The summed E-state index contributed by atoms with van der Waals surface area (Å²) in [6.07, 6.45) is 3.14. The predicted molar refractivity (Wildman–Crippen MR) is 103 cm³/mol. The van der Waals surface area contributed by atoms with Crippen molar-refractivity contribution in [3.63, 3.8) is 0 Å². The number of hydrogen-bond acceptors (Lipinski definition) is 3. The fourth-order valence-corrected chi connectivity index (χ4v) is 2.79. The van der Waals surface area contributed by atoms with Crippen LogP contribution in [-0.2, 0) is 4.74 Å². The van der Waals surface area contributed by atoms with Gasteiger partial charge in [-0.15, -0.1) is 24.0 Å². The van der Waals surface area contributed by atoms with Crippen molar-refractivity contribution in [2.24, 2.45) is 4.99 Å². The molecule has 2 aliphatic rings. The van der Waals surface area contributed by atoms with Crippen molar-refractivity contribution >= 4 is 29.9 Å². The normalized spacial score (nSPS) is 27.2. The lowest BCUT2D eigenvalue weighted by Gasteiger charge is -2.44. The highest BCUT2D eigenvalue weighted by Crippen LogP contribution is 2.22. The van der Waals surface area contributed by atoms with Gasteiger partial charge >= 0.3 is 0 Å². The molecule has 0 aromatic carbocycles. The number of halogens is 1. The van der Waals surface area contributed by atoms with E-state index in [4.69, 9.17) is 9.73 Å². The lowest BCUT2D eigenvalue weighted by atomic mass is 10.0. The van der Waals surface area contributed by atoms with E-state index in [1.807, 2.05) is 0 Å². The molecule has 2 N–H and O–H groups in total. The molecular formula is C16H33IN4O. The zero-order chi connectivity index (χ0) is 15.5. The van der Waals surface area contributed by atoms with Gasteiger partial charge in [-0.3, -0.25) is 9.89 Å². The van der Waals surface area contributed by atoms with Crippen LogP contribution in [0.5, 0.6) is 0 Å². The fourth-order valence-electron chi connectivity index (χ4n) is 2.79. The van der Waals surface area contributed by atoms with E-state index in [1.165, 1.54) is 12.8 Å². The van der Waals surface area contributed by atoms with Gasteiger partial charge in [-0.25, -0.2) is 0 Å². The van der Waals surface area contributed by atoms with E-state index in [2.05, 4.69) is 50.2 Å². The standard InChI is InChI=1S/C16H32N4O.HI/c1-6-17-15(19-14-7-8-14)18-11-16(4,5)20-9-12(2)21-13(3)10-20;/h12-14H,6-11H2,1-5H3,(H2,17,18,19);1H. The van der Waals surface area contributed by atoms with Crippen LogP contribution < -0.4 is 10.6 Å². The molecule has 1 heterocycles. The van der Waals surface area contributed by atoms with E-state index in [-0.39, 0.29) is 29.5 Å². The topological polar surface area (TPSA) is 48.9 Å². The predicted octanol–water partition coefficient (Wildman–Crippen LogP) is 2.21. The highest BCUT2D eigenvalue weighted by molar-refractivity contribution is 14.0. The Hall–Kier alpha value is -0.0800. The minimum absolute atomic E-state index is 0. The van der Waals surface area contributed by atoms with Crippen LogP contribution in [-0.4, -0.2) is 60.8 Å². The molecule has 1 saturated carbocycles. The first-order chi connectivity index (χ1) is 9.90. The van der Waals surface area contributed by atoms with Crippen molar-refractivity contribution in [3.05, 3.63) is 0 Å². The van der Waals surface area contributed by atoms with Crippen LogP contribution in [0.1, 0.15) is 47.5 Å². The Balaban J connectivity index is 0.00000242. The SMILES string of the molecule is CCNC(=NCC(C)(C)N1CC(C)OC(C)C1)NC1CC1.I. The summed E-state index contributed by atoms with van der Waals surface area (Å²) in [6, 6.07) is 0.634. The second-order valence-electron chi connectivity index (χ2n) is 7.09. The lowest BCUT2D eigenvalue weighted by molar-refractivity contribution is -0.0939. The van der Waals surface area contributed by atoms with Gasteiger partial charge < -0.3 is 15.4 Å². The first-order valence-electron chi connectivity index (χ1n) is 8.36. The number of rotatable bonds is 5. The molecule has 6 heteroatoms. The minimum atomic E-state index is 0. The summed E-state index contributed by atoms with van der Waals surface area (Å²) in [7, 11) is 0. The zero-order valence-electron chi connectivity index (χ0n) is 14.7. The molecular weight excluding hydrogens is 391 g/mol. The Morgan fingerprint density at radius 2 is 1.82 bits per heavy atom. The van der Waals surface area contributed by atoms with Gasteiger partial charge in [-0.1, -0.05) is 0 Å². The molecule has 2 unspecified atom stereocenters. The molecule has 0 bridgehead atoms. The third-order valence-electron chi connectivity index (χ3n) is 4.16. The van der Waals surface area contributed by atoms with Gasteiger partial charge in [0.05, 0.1) is 18.8 Å². The van der Waals surface area contributed by atoms with E-state index in [0.717, 1.165) is 32.1 Å². The lowest BCUT2D eigenvalue weighted by Crippen LogP contribution is -2.56. The van der Waals surface area contributed by atoms with Crippen molar-refractivity contribution in [1.29, 1.82) is 0 Å². The Bertz CT molecular complexity index is 361. The van der Waals surface area contributed by atoms with Gasteiger partial charge in [0.2, 0.25) is 0 Å². The summed E-state index contributed by atoms with van der Waals surface area (Å²) >= 11 is 0. The summed E-state index contributed by atoms with van der Waals surface area (Å²) < 4.78 is 5.83. The van der Waals surface area contributed by atoms with E-state index >= 15 is 0 Å². The molecule has 1 aliphatic carbocycles. The summed E-state index contributed by atoms with van der Waals surface area (Å²) in [5, 5.41) is 6.82. The van der Waals surface area contributed by atoms with E-state index in [1.54, 1.807) is 0 Å². The van der Waals surface area contributed by atoms with Gasteiger partial charge in [0.25, 0.3) is 0 Å². The smallest absolute Gasteiger partial charge is 0.191 e. The molecule has 2 atom stereocenters. The molecule has 0 radical (unpaired) electrons. The Morgan fingerprint density at radius 3 is 2.32 bits per heavy atom. The summed E-state index contributed by atoms with van der Waals surface area (Å²) in [6.45, 7) is 14.7. The molecule has 1 aliphatic heterocycles. The summed E-state index contributed by atoms with van der Waals surface area (Å²) in [5.74, 6) is 0.961. The van der Waals surface area contributed by atoms with E-state index < -0.39 is 0 Å². The number of morpholine rings is 1. The summed E-state index contributed by atoms with van der Waals surface area (Å²) in [4.78, 5) is 7.31. The maximum Gasteiger partial charge on any atom is 0.191 e. The Morgan fingerprint density at radius 1 is 1.23 bits per heavy atom. The first kappa shape index (κ1) is 20.0. The monoisotopic (exact) mass is 424 g/mol. The second kappa shape index (κ2) is 8.68. The average Bonchev–Trinajstić information content (AvgIpc) is 3.19. The molecule has 2 rings (SSSR count). The zero-order valence-corrected chi connectivity index (χ0v) is 17.0. The highest BCUT2D eigenvalue weighted by atomic mass is 127. The number of nitrogens with zero attached hydrogens (tertiary/aromatic N) is 2. The van der Waals surface area contributed by atoms with Crippen LogP contribution >= 0.6 is 24.0 Å².